The fourth-order valence-corrected chi connectivity index (χ4v) is 2.07. The molecule has 8 heteroatoms. The maximum atomic E-state index is 10.6. The number of hydrogen-bond acceptors (Lipinski definition) is 6. The van der Waals surface area contributed by atoms with E-state index in [0.717, 1.165) is 17.7 Å². The van der Waals surface area contributed by atoms with Gasteiger partial charge in [0.2, 0.25) is 5.13 Å². The van der Waals surface area contributed by atoms with Gasteiger partial charge in [-0.3, -0.25) is 15.5 Å². The predicted molar refractivity (Wildman–Crippen MR) is 86.9 cm³/mol. The van der Waals surface area contributed by atoms with Crippen molar-refractivity contribution < 1.29 is 4.92 Å². The topological polar surface area (TPSA) is 80.4 Å². The van der Waals surface area contributed by atoms with Crippen LogP contribution in [0.25, 0.3) is 11.3 Å². The molecule has 0 aliphatic carbocycles. The Kier molecular flexibility index (Phi) is 6.26. The Morgan fingerprint density at radius 1 is 1.45 bits per heavy atom. The van der Waals surface area contributed by atoms with E-state index in [-0.39, 0.29) is 22.7 Å². The Hall–Kier alpha value is -1.80. The number of benzene rings is 1. The van der Waals surface area contributed by atoms with Crippen molar-refractivity contribution in [1.29, 1.82) is 0 Å². The minimum absolute atomic E-state index is 0. The van der Waals surface area contributed by atoms with Crippen LogP contribution in [0.15, 0.2) is 34.7 Å². The fourth-order valence-electron chi connectivity index (χ4n) is 1.40. The zero-order chi connectivity index (χ0) is 13.7. The highest BCUT2D eigenvalue weighted by Crippen LogP contribution is 2.26. The van der Waals surface area contributed by atoms with Crippen LogP contribution in [0.5, 0.6) is 0 Å². The van der Waals surface area contributed by atoms with E-state index in [2.05, 4.69) is 15.5 Å². The molecule has 0 bridgehead atoms. The first-order chi connectivity index (χ1) is 9.20. The molecule has 1 heterocycles. The van der Waals surface area contributed by atoms with Gasteiger partial charge in [-0.2, -0.15) is 5.10 Å². The van der Waals surface area contributed by atoms with E-state index in [1.807, 2.05) is 12.3 Å². The third kappa shape index (κ3) is 4.10. The fraction of sp³-hybridized carbons (Fsp3) is 0.167. The standard InChI is InChI=1S/C12H12N4O2S.BrH/c1-2-7-13-15-12-14-11(8-19-12)9-3-5-10(6-4-9)16(17)18;/h3-8H,2H2,1H3,(H,14,15);1H. The lowest BCUT2D eigenvalue weighted by atomic mass is 10.1. The normalized spacial score (nSPS) is 10.2. The summed E-state index contributed by atoms with van der Waals surface area (Å²) in [6.45, 7) is 2.00. The van der Waals surface area contributed by atoms with E-state index in [1.165, 1.54) is 23.5 Å². The van der Waals surface area contributed by atoms with Crippen molar-refractivity contribution in [3.05, 3.63) is 39.8 Å². The molecule has 0 aliphatic heterocycles. The van der Waals surface area contributed by atoms with Gasteiger partial charge in [-0.25, -0.2) is 4.98 Å². The first-order valence-corrected chi connectivity index (χ1v) is 6.56. The van der Waals surface area contributed by atoms with Crippen LogP contribution >= 0.6 is 28.3 Å². The number of halogens is 1. The van der Waals surface area contributed by atoms with Crippen molar-refractivity contribution in [3.8, 4) is 11.3 Å². The summed E-state index contributed by atoms with van der Waals surface area (Å²) in [6, 6.07) is 6.31. The molecule has 0 saturated carbocycles. The summed E-state index contributed by atoms with van der Waals surface area (Å²) in [5, 5.41) is 17.1. The molecule has 0 amide bonds. The summed E-state index contributed by atoms with van der Waals surface area (Å²) in [5.41, 5.74) is 4.52. The van der Waals surface area contributed by atoms with Crippen molar-refractivity contribution in [3.63, 3.8) is 0 Å². The lowest BCUT2D eigenvalue weighted by molar-refractivity contribution is -0.384. The van der Waals surface area contributed by atoms with Crippen LogP contribution in [0.4, 0.5) is 10.8 Å². The highest BCUT2D eigenvalue weighted by atomic mass is 79.9. The van der Waals surface area contributed by atoms with Crippen molar-refractivity contribution >= 4 is 45.4 Å². The van der Waals surface area contributed by atoms with Crippen LogP contribution in [-0.2, 0) is 0 Å². The second kappa shape index (κ2) is 7.71. The highest BCUT2D eigenvalue weighted by molar-refractivity contribution is 8.93. The van der Waals surface area contributed by atoms with Gasteiger partial charge < -0.3 is 0 Å². The molecule has 20 heavy (non-hydrogen) atoms. The molecule has 0 aliphatic rings. The average Bonchev–Trinajstić information content (AvgIpc) is 2.88. The minimum Gasteiger partial charge on any atom is -0.258 e. The summed E-state index contributed by atoms with van der Waals surface area (Å²) in [5.74, 6) is 0. The first kappa shape index (κ1) is 16.3. The molecule has 0 radical (unpaired) electrons. The van der Waals surface area contributed by atoms with Crippen molar-refractivity contribution in [2.45, 2.75) is 13.3 Å². The zero-order valence-corrected chi connectivity index (χ0v) is 13.2. The number of anilines is 1. The van der Waals surface area contributed by atoms with Gasteiger partial charge in [0, 0.05) is 29.3 Å². The molecule has 6 nitrogen and oxygen atoms in total. The number of hydrogen-bond donors (Lipinski definition) is 1. The molecule has 0 atom stereocenters. The van der Waals surface area contributed by atoms with E-state index < -0.39 is 4.92 Å². The number of nitrogens with zero attached hydrogens (tertiary/aromatic N) is 3. The maximum absolute atomic E-state index is 10.6. The molecule has 1 aromatic carbocycles. The molecule has 0 spiro atoms. The smallest absolute Gasteiger partial charge is 0.258 e. The molecule has 2 rings (SSSR count). The summed E-state index contributed by atoms with van der Waals surface area (Å²) in [6.07, 6.45) is 2.61. The average molecular weight is 357 g/mol. The zero-order valence-electron chi connectivity index (χ0n) is 10.6. The van der Waals surface area contributed by atoms with Gasteiger partial charge in [-0.15, -0.1) is 28.3 Å². The number of nitro groups is 1. The predicted octanol–water partition coefficient (Wildman–Crippen LogP) is 4.10. The first-order valence-electron chi connectivity index (χ1n) is 5.68. The molecule has 1 aromatic heterocycles. The van der Waals surface area contributed by atoms with Gasteiger partial charge in [0.15, 0.2) is 0 Å². The third-order valence-corrected chi connectivity index (χ3v) is 3.06. The Balaban J connectivity index is 0.00000200. The molecule has 0 saturated heterocycles. The molecule has 0 unspecified atom stereocenters. The number of nitro benzene ring substituents is 1. The maximum Gasteiger partial charge on any atom is 0.269 e. The summed E-state index contributed by atoms with van der Waals surface area (Å²) in [4.78, 5) is 14.5. The molecule has 2 aromatic rings. The lowest BCUT2D eigenvalue weighted by Crippen LogP contribution is -1.89. The Bertz CT molecular complexity index is 598. The Morgan fingerprint density at radius 3 is 2.75 bits per heavy atom. The highest BCUT2D eigenvalue weighted by Gasteiger charge is 2.07. The quantitative estimate of drug-likeness (QED) is 0.496. The minimum atomic E-state index is -0.419. The second-order valence-electron chi connectivity index (χ2n) is 3.67. The second-order valence-corrected chi connectivity index (χ2v) is 4.53. The monoisotopic (exact) mass is 356 g/mol. The van der Waals surface area contributed by atoms with Crippen molar-refractivity contribution in [1.82, 2.24) is 4.98 Å². The van der Waals surface area contributed by atoms with Crippen molar-refractivity contribution in [2.24, 2.45) is 5.10 Å². The van der Waals surface area contributed by atoms with E-state index in [1.54, 1.807) is 18.3 Å². The molecule has 1 N–H and O–H groups in total. The number of hydrazone groups is 1. The number of non-ortho nitro benzene ring substituents is 1. The summed E-state index contributed by atoms with van der Waals surface area (Å²) >= 11 is 1.44. The van der Waals surface area contributed by atoms with Crippen LogP contribution in [0, 0.1) is 10.1 Å². The van der Waals surface area contributed by atoms with Gasteiger partial charge in [0.05, 0.1) is 10.6 Å². The summed E-state index contributed by atoms with van der Waals surface area (Å²) < 4.78 is 0. The number of rotatable bonds is 5. The van der Waals surface area contributed by atoms with Gasteiger partial charge in [0.25, 0.3) is 5.69 Å². The van der Waals surface area contributed by atoms with E-state index in [0.29, 0.717) is 5.13 Å². The van der Waals surface area contributed by atoms with E-state index in [4.69, 9.17) is 0 Å². The largest absolute Gasteiger partial charge is 0.269 e. The third-order valence-electron chi connectivity index (χ3n) is 2.31. The Labute approximate surface area is 130 Å². The van der Waals surface area contributed by atoms with Crippen LogP contribution in [0.2, 0.25) is 0 Å². The number of thiazole rings is 1. The van der Waals surface area contributed by atoms with E-state index in [9.17, 15) is 10.1 Å². The number of nitrogens with one attached hydrogen (secondary N) is 1. The SMILES string of the molecule is Br.CCC=NNc1nc(-c2ccc([N+](=O)[O-])cc2)cs1. The van der Waals surface area contributed by atoms with Crippen LogP contribution in [0.3, 0.4) is 0 Å². The Morgan fingerprint density at radius 2 is 2.15 bits per heavy atom. The van der Waals surface area contributed by atoms with Crippen molar-refractivity contribution in [2.75, 3.05) is 5.43 Å². The number of aromatic nitrogens is 1. The van der Waals surface area contributed by atoms with Crippen LogP contribution < -0.4 is 5.43 Å². The molecule has 106 valence electrons. The van der Waals surface area contributed by atoms with Gasteiger partial charge in [-0.1, -0.05) is 6.92 Å². The molecular formula is C12H13BrN4O2S. The van der Waals surface area contributed by atoms with Crippen LogP contribution in [0.1, 0.15) is 13.3 Å². The van der Waals surface area contributed by atoms with E-state index >= 15 is 0 Å². The lowest BCUT2D eigenvalue weighted by Gasteiger charge is -1.96. The molecule has 0 fully saturated rings. The van der Waals surface area contributed by atoms with Gasteiger partial charge in [0.1, 0.15) is 0 Å². The van der Waals surface area contributed by atoms with Gasteiger partial charge >= 0.3 is 0 Å². The summed E-state index contributed by atoms with van der Waals surface area (Å²) in [7, 11) is 0. The van der Waals surface area contributed by atoms with Gasteiger partial charge in [-0.05, 0) is 18.6 Å². The molecular weight excluding hydrogens is 344 g/mol. The van der Waals surface area contributed by atoms with Crippen LogP contribution in [-0.4, -0.2) is 16.1 Å².